The SMILES string of the molecule is CCC(=O)Nc1ccc(OCC(=O)NCCC2=CCCCC2)cc1. The van der Waals surface area contributed by atoms with Gasteiger partial charge in [-0.15, -0.1) is 0 Å². The fourth-order valence-electron chi connectivity index (χ4n) is 2.58. The third-order valence-electron chi connectivity index (χ3n) is 3.98. The Bertz CT molecular complexity index is 579. The van der Waals surface area contributed by atoms with Crippen molar-refractivity contribution in [2.45, 2.75) is 45.4 Å². The van der Waals surface area contributed by atoms with Crippen LogP contribution in [0.5, 0.6) is 5.75 Å². The fourth-order valence-corrected chi connectivity index (χ4v) is 2.58. The highest BCUT2D eigenvalue weighted by Crippen LogP contribution is 2.19. The summed E-state index contributed by atoms with van der Waals surface area (Å²) in [5.41, 5.74) is 2.17. The standard InChI is InChI=1S/C19H26N2O3/c1-2-18(22)21-16-8-10-17(11-9-16)24-14-19(23)20-13-12-15-6-4-3-5-7-15/h6,8-11H,2-5,7,12-14H2,1H3,(H,20,23)(H,21,22). The van der Waals surface area contributed by atoms with E-state index < -0.39 is 0 Å². The Balaban J connectivity index is 1.65. The van der Waals surface area contributed by atoms with Crippen molar-refractivity contribution in [2.24, 2.45) is 0 Å². The Hall–Kier alpha value is -2.30. The van der Waals surface area contributed by atoms with Gasteiger partial charge >= 0.3 is 0 Å². The van der Waals surface area contributed by atoms with Crippen LogP contribution in [0.4, 0.5) is 5.69 Å². The van der Waals surface area contributed by atoms with E-state index in [1.165, 1.54) is 24.8 Å². The molecule has 1 aromatic rings. The smallest absolute Gasteiger partial charge is 0.257 e. The van der Waals surface area contributed by atoms with Crippen LogP contribution in [-0.4, -0.2) is 25.0 Å². The predicted octanol–water partition coefficient (Wildman–Crippen LogP) is 3.42. The number of rotatable bonds is 8. The topological polar surface area (TPSA) is 67.4 Å². The molecular weight excluding hydrogens is 304 g/mol. The second-order valence-corrected chi connectivity index (χ2v) is 5.92. The van der Waals surface area contributed by atoms with Gasteiger partial charge in [0.05, 0.1) is 0 Å². The van der Waals surface area contributed by atoms with E-state index in [4.69, 9.17) is 4.74 Å². The van der Waals surface area contributed by atoms with Crippen LogP contribution >= 0.6 is 0 Å². The Labute approximate surface area is 143 Å². The average molecular weight is 330 g/mol. The maximum atomic E-state index is 11.8. The van der Waals surface area contributed by atoms with Crippen LogP contribution in [0, 0.1) is 0 Å². The number of anilines is 1. The summed E-state index contributed by atoms with van der Waals surface area (Å²) in [7, 11) is 0. The van der Waals surface area contributed by atoms with Gasteiger partial charge in [0, 0.05) is 18.7 Å². The van der Waals surface area contributed by atoms with Crippen LogP contribution in [0.1, 0.15) is 45.4 Å². The average Bonchev–Trinajstić information content (AvgIpc) is 2.62. The molecular formula is C19H26N2O3. The number of carbonyl (C=O) groups is 2. The van der Waals surface area contributed by atoms with E-state index in [1.54, 1.807) is 31.2 Å². The molecule has 0 aromatic heterocycles. The van der Waals surface area contributed by atoms with E-state index in [0.717, 1.165) is 18.5 Å². The molecule has 0 heterocycles. The number of allylic oxidation sites excluding steroid dienone is 1. The number of nitrogens with one attached hydrogen (secondary N) is 2. The molecule has 0 saturated carbocycles. The summed E-state index contributed by atoms with van der Waals surface area (Å²) >= 11 is 0. The van der Waals surface area contributed by atoms with Crippen LogP contribution in [0.15, 0.2) is 35.9 Å². The lowest BCUT2D eigenvalue weighted by Gasteiger charge is -2.13. The molecule has 5 nitrogen and oxygen atoms in total. The van der Waals surface area contributed by atoms with Crippen molar-refractivity contribution in [1.82, 2.24) is 5.32 Å². The van der Waals surface area contributed by atoms with Gasteiger partial charge in [0.1, 0.15) is 5.75 Å². The quantitative estimate of drug-likeness (QED) is 0.718. The van der Waals surface area contributed by atoms with Crippen LogP contribution in [0.3, 0.4) is 0 Å². The molecule has 0 unspecified atom stereocenters. The third-order valence-corrected chi connectivity index (χ3v) is 3.98. The van der Waals surface area contributed by atoms with Crippen LogP contribution < -0.4 is 15.4 Å². The molecule has 0 aliphatic heterocycles. The first-order valence-electron chi connectivity index (χ1n) is 8.64. The summed E-state index contributed by atoms with van der Waals surface area (Å²) in [4.78, 5) is 23.1. The Morgan fingerprint density at radius 1 is 1.12 bits per heavy atom. The third kappa shape index (κ3) is 6.44. The second-order valence-electron chi connectivity index (χ2n) is 5.92. The van der Waals surface area contributed by atoms with Gasteiger partial charge < -0.3 is 15.4 Å². The summed E-state index contributed by atoms with van der Waals surface area (Å²) in [6.07, 6.45) is 8.54. The van der Waals surface area contributed by atoms with Gasteiger partial charge in [-0.25, -0.2) is 0 Å². The van der Waals surface area contributed by atoms with E-state index >= 15 is 0 Å². The van der Waals surface area contributed by atoms with Crippen LogP contribution in [0.2, 0.25) is 0 Å². The van der Waals surface area contributed by atoms with E-state index in [-0.39, 0.29) is 18.4 Å². The normalized spacial score (nSPS) is 13.8. The maximum Gasteiger partial charge on any atom is 0.257 e. The van der Waals surface area contributed by atoms with Crippen molar-refractivity contribution >= 4 is 17.5 Å². The van der Waals surface area contributed by atoms with Crippen molar-refractivity contribution in [3.05, 3.63) is 35.9 Å². The number of amides is 2. The second kappa shape index (κ2) is 9.75. The number of hydrogen-bond acceptors (Lipinski definition) is 3. The summed E-state index contributed by atoms with van der Waals surface area (Å²) in [5, 5.41) is 5.65. The van der Waals surface area contributed by atoms with Gasteiger partial charge in [-0.05, 0) is 56.4 Å². The van der Waals surface area contributed by atoms with Crippen molar-refractivity contribution in [3.63, 3.8) is 0 Å². The molecule has 0 saturated heterocycles. The zero-order chi connectivity index (χ0) is 17.2. The van der Waals surface area contributed by atoms with Gasteiger partial charge in [-0.1, -0.05) is 18.6 Å². The molecule has 1 aromatic carbocycles. The zero-order valence-electron chi connectivity index (χ0n) is 14.3. The van der Waals surface area contributed by atoms with Crippen molar-refractivity contribution in [2.75, 3.05) is 18.5 Å². The van der Waals surface area contributed by atoms with Crippen LogP contribution in [0.25, 0.3) is 0 Å². The van der Waals surface area contributed by atoms with E-state index in [1.807, 2.05) is 0 Å². The monoisotopic (exact) mass is 330 g/mol. The fraction of sp³-hybridized carbons (Fsp3) is 0.474. The first kappa shape index (κ1) is 18.0. The molecule has 0 bridgehead atoms. The number of ether oxygens (including phenoxy) is 1. The van der Waals surface area contributed by atoms with Crippen molar-refractivity contribution in [1.29, 1.82) is 0 Å². The summed E-state index contributed by atoms with van der Waals surface area (Å²) in [6.45, 7) is 2.46. The molecule has 0 atom stereocenters. The minimum absolute atomic E-state index is 0.000284. The molecule has 130 valence electrons. The highest BCUT2D eigenvalue weighted by molar-refractivity contribution is 5.90. The van der Waals surface area contributed by atoms with Gasteiger partial charge in [0.15, 0.2) is 6.61 Å². The minimum atomic E-state index is -0.116. The predicted molar refractivity (Wildman–Crippen MR) is 95.0 cm³/mol. The Morgan fingerprint density at radius 3 is 2.58 bits per heavy atom. The largest absolute Gasteiger partial charge is 0.484 e. The van der Waals surface area contributed by atoms with E-state index in [0.29, 0.717) is 18.7 Å². The molecule has 24 heavy (non-hydrogen) atoms. The highest BCUT2D eigenvalue weighted by atomic mass is 16.5. The van der Waals surface area contributed by atoms with Gasteiger partial charge in [0.25, 0.3) is 5.91 Å². The molecule has 2 rings (SSSR count). The lowest BCUT2D eigenvalue weighted by Crippen LogP contribution is -2.30. The number of benzene rings is 1. The highest BCUT2D eigenvalue weighted by Gasteiger charge is 2.06. The molecule has 2 amide bonds. The summed E-state index contributed by atoms with van der Waals surface area (Å²) in [6, 6.07) is 7.00. The molecule has 2 N–H and O–H groups in total. The number of hydrogen-bond donors (Lipinski definition) is 2. The van der Waals surface area contributed by atoms with Gasteiger partial charge in [-0.3, -0.25) is 9.59 Å². The first-order chi connectivity index (χ1) is 11.7. The zero-order valence-corrected chi connectivity index (χ0v) is 14.3. The Morgan fingerprint density at radius 2 is 1.92 bits per heavy atom. The van der Waals surface area contributed by atoms with E-state index in [9.17, 15) is 9.59 Å². The van der Waals surface area contributed by atoms with Crippen LogP contribution in [-0.2, 0) is 9.59 Å². The lowest BCUT2D eigenvalue weighted by molar-refractivity contribution is -0.123. The Kier molecular flexibility index (Phi) is 7.33. The molecule has 1 aliphatic rings. The molecule has 0 spiro atoms. The number of carbonyl (C=O) groups excluding carboxylic acids is 2. The van der Waals surface area contributed by atoms with Gasteiger partial charge in [0.2, 0.25) is 5.91 Å². The molecule has 0 fully saturated rings. The molecule has 5 heteroatoms. The molecule has 0 radical (unpaired) electrons. The molecule has 1 aliphatic carbocycles. The van der Waals surface area contributed by atoms with Gasteiger partial charge in [-0.2, -0.15) is 0 Å². The van der Waals surface area contributed by atoms with E-state index in [2.05, 4.69) is 16.7 Å². The lowest BCUT2D eigenvalue weighted by atomic mass is 9.97. The maximum absolute atomic E-state index is 11.8. The first-order valence-corrected chi connectivity index (χ1v) is 8.64. The summed E-state index contributed by atoms with van der Waals surface area (Å²) in [5.74, 6) is 0.459. The summed E-state index contributed by atoms with van der Waals surface area (Å²) < 4.78 is 5.46. The minimum Gasteiger partial charge on any atom is -0.484 e. The van der Waals surface area contributed by atoms with Crippen molar-refractivity contribution < 1.29 is 14.3 Å². The van der Waals surface area contributed by atoms with Crippen molar-refractivity contribution in [3.8, 4) is 5.75 Å².